The van der Waals surface area contributed by atoms with Crippen LogP contribution in [-0.2, 0) is 6.54 Å². The SMILES string of the molecule is CN1CCN(c2cccc3[nH]c(-c4c(NC5CCN(Cc6ccccc6)CC5)c5cc(Cl)ccc5[nH]c4=O)nc23)CC1. The Kier molecular flexibility index (Phi) is 7.36. The molecule has 2 aliphatic rings. The van der Waals surface area contributed by atoms with E-state index in [9.17, 15) is 4.79 Å². The Labute approximate surface area is 250 Å². The maximum absolute atomic E-state index is 13.7. The summed E-state index contributed by atoms with van der Waals surface area (Å²) < 4.78 is 0. The molecule has 8 nitrogen and oxygen atoms in total. The van der Waals surface area contributed by atoms with Crippen LogP contribution in [0.15, 0.2) is 71.5 Å². The molecule has 0 aliphatic carbocycles. The highest BCUT2D eigenvalue weighted by molar-refractivity contribution is 6.31. The summed E-state index contributed by atoms with van der Waals surface area (Å²) in [6.45, 7) is 6.85. The normalized spacial score (nSPS) is 17.3. The number of likely N-dealkylation sites (tertiary alicyclic amines) is 1. The van der Waals surface area contributed by atoms with Gasteiger partial charge in [-0.2, -0.15) is 0 Å². The van der Waals surface area contributed by atoms with Crippen molar-refractivity contribution in [3.8, 4) is 11.4 Å². The van der Waals surface area contributed by atoms with E-state index in [0.29, 0.717) is 16.4 Å². The van der Waals surface area contributed by atoms with Gasteiger partial charge < -0.3 is 25.1 Å². The van der Waals surface area contributed by atoms with Crippen LogP contribution in [0.4, 0.5) is 11.4 Å². The average molecular weight is 582 g/mol. The maximum atomic E-state index is 13.7. The zero-order valence-corrected chi connectivity index (χ0v) is 24.6. The second kappa shape index (κ2) is 11.4. The topological polar surface area (TPSA) is 83.3 Å². The summed E-state index contributed by atoms with van der Waals surface area (Å²) >= 11 is 6.49. The van der Waals surface area contributed by atoms with Crippen molar-refractivity contribution in [1.29, 1.82) is 0 Å². The number of para-hydroxylation sites is 1. The van der Waals surface area contributed by atoms with Crippen molar-refractivity contribution in [1.82, 2.24) is 24.8 Å². The summed E-state index contributed by atoms with van der Waals surface area (Å²) in [5.41, 5.74) is 6.15. The Morgan fingerprint density at radius 2 is 1.69 bits per heavy atom. The molecular formula is C33H36ClN7O. The number of benzene rings is 3. The van der Waals surface area contributed by atoms with Crippen LogP contribution < -0.4 is 15.8 Å². The lowest BCUT2D eigenvalue weighted by Crippen LogP contribution is -2.44. The molecule has 2 aromatic heterocycles. The van der Waals surface area contributed by atoms with Crippen molar-refractivity contribution in [2.75, 3.05) is 56.5 Å². The van der Waals surface area contributed by atoms with Crippen molar-refractivity contribution in [3.63, 3.8) is 0 Å². The van der Waals surface area contributed by atoms with Crippen LogP contribution in [0.3, 0.4) is 0 Å². The number of aromatic nitrogens is 3. The second-order valence-electron chi connectivity index (χ2n) is 11.6. The summed E-state index contributed by atoms with van der Waals surface area (Å²) in [5.74, 6) is 0.568. The van der Waals surface area contributed by atoms with Crippen LogP contribution in [0, 0.1) is 0 Å². The van der Waals surface area contributed by atoms with Gasteiger partial charge in [-0.1, -0.05) is 48.0 Å². The summed E-state index contributed by atoms with van der Waals surface area (Å²) in [6, 6.07) is 22.7. The Morgan fingerprint density at radius 1 is 0.905 bits per heavy atom. The Hall–Kier alpha value is -3.85. The van der Waals surface area contributed by atoms with Crippen LogP contribution in [-0.4, -0.2) is 77.1 Å². The molecule has 3 N–H and O–H groups in total. The van der Waals surface area contributed by atoms with Crippen molar-refractivity contribution in [3.05, 3.63) is 87.7 Å². The number of pyridine rings is 1. The fourth-order valence-electron chi connectivity index (χ4n) is 6.36. The van der Waals surface area contributed by atoms with Crippen molar-refractivity contribution < 1.29 is 0 Å². The van der Waals surface area contributed by atoms with E-state index < -0.39 is 0 Å². The zero-order chi connectivity index (χ0) is 28.6. The van der Waals surface area contributed by atoms with Crippen LogP contribution in [0.5, 0.6) is 0 Å². The maximum Gasteiger partial charge on any atom is 0.261 e. The number of nitrogens with one attached hydrogen (secondary N) is 3. The van der Waals surface area contributed by atoms with Gasteiger partial charge in [-0.3, -0.25) is 9.69 Å². The first-order chi connectivity index (χ1) is 20.5. The monoisotopic (exact) mass is 581 g/mol. The predicted octanol–water partition coefficient (Wildman–Crippen LogP) is 5.55. The molecule has 0 unspecified atom stereocenters. The molecule has 0 amide bonds. The lowest BCUT2D eigenvalue weighted by Gasteiger charge is -2.34. The molecule has 0 atom stereocenters. The van der Waals surface area contributed by atoms with Gasteiger partial charge in [-0.15, -0.1) is 0 Å². The van der Waals surface area contributed by atoms with E-state index in [0.717, 1.165) is 92.0 Å². The first kappa shape index (κ1) is 27.0. The van der Waals surface area contributed by atoms with Gasteiger partial charge in [0.2, 0.25) is 0 Å². The van der Waals surface area contributed by atoms with Gasteiger partial charge >= 0.3 is 0 Å². The number of nitrogens with zero attached hydrogens (tertiary/aromatic N) is 4. The van der Waals surface area contributed by atoms with Gasteiger partial charge in [0.25, 0.3) is 5.56 Å². The molecule has 216 valence electrons. The van der Waals surface area contributed by atoms with Crippen LogP contribution >= 0.6 is 11.6 Å². The number of hydrogen-bond acceptors (Lipinski definition) is 6. The number of rotatable bonds is 6. The molecule has 5 aromatic rings. The van der Waals surface area contributed by atoms with Crippen LogP contribution in [0.25, 0.3) is 33.3 Å². The molecule has 2 saturated heterocycles. The fourth-order valence-corrected chi connectivity index (χ4v) is 6.53. The molecule has 0 spiro atoms. The van der Waals surface area contributed by atoms with Gasteiger partial charge in [0.15, 0.2) is 0 Å². The molecule has 42 heavy (non-hydrogen) atoms. The minimum absolute atomic E-state index is 0.172. The number of aromatic amines is 2. The largest absolute Gasteiger partial charge is 0.381 e. The predicted molar refractivity (Wildman–Crippen MR) is 173 cm³/mol. The Morgan fingerprint density at radius 3 is 2.48 bits per heavy atom. The van der Waals surface area contributed by atoms with Crippen molar-refractivity contribution >= 4 is 44.9 Å². The Bertz CT molecular complexity index is 1770. The number of halogens is 1. The summed E-state index contributed by atoms with van der Waals surface area (Å²) in [4.78, 5) is 32.6. The molecular weight excluding hydrogens is 546 g/mol. The zero-order valence-electron chi connectivity index (χ0n) is 23.9. The smallest absolute Gasteiger partial charge is 0.261 e. The third-order valence-corrected chi connectivity index (χ3v) is 8.97. The molecule has 3 aromatic carbocycles. The lowest BCUT2D eigenvalue weighted by molar-refractivity contribution is 0.211. The van der Waals surface area contributed by atoms with Gasteiger partial charge in [0.05, 0.1) is 22.4 Å². The third-order valence-electron chi connectivity index (χ3n) is 8.73. The van der Waals surface area contributed by atoms with Crippen molar-refractivity contribution in [2.45, 2.75) is 25.4 Å². The van der Waals surface area contributed by atoms with Gasteiger partial charge in [-0.05, 0) is 55.8 Å². The number of piperazine rings is 1. The number of hydrogen-bond donors (Lipinski definition) is 3. The van der Waals surface area contributed by atoms with E-state index in [2.05, 4.69) is 79.5 Å². The van der Waals surface area contributed by atoms with E-state index in [1.807, 2.05) is 24.3 Å². The minimum Gasteiger partial charge on any atom is -0.381 e. The van der Waals surface area contributed by atoms with E-state index in [1.54, 1.807) is 0 Å². The first-order valence-electron chi connectivity index (χ1n) is 14.8. The second-order valence-corrected chi connectivity index (χ2v) is 12.1. The van der Waals surface area contributed by atoms with E-state index in [-0.39, 0.29) is 11.6 Å². The molecule has 0 saturated carbocycles. The van der Waals surface area contributed by atoms with Gasteiger partial charge in [0.1, 0.15) is 16.9 Å². The van der Waals surface area contributed by atoms with E-state index in [1.165, 1.54) is 5.56 Å². The minimum atomic E-state index is -0.172. The highest BCUT2D eigenvalue weighted by atomic mass is 35.5. The van der Waals surface area contributed by atoms with E-state index >= 15 is 0 Å². The lowest BCUT2D eigenvalue weighted by atomic mass is 10.0. The first-order valence-corrected chi connectivity index (χ1v) is 15.2. The molecule has 4 heterocycles. The number of fused-ring (bicyclic) bond motifs is 2. The van der Waals surface area contributed by atoms with Gasteiger partial charge in [0, 0.05) is 62.3 Å². The Balaban J connectivity index is 1.23. The molecule has 9 heteroatoms. The number of anilines is 2. The highest BCUT2D eigenvalue weighted by Crippen LogP contribution is 2.35. The van der Waals surface area contributed by atoms with Gasteiger partial charge in [-0.25, -0.2) is 4.98 Å². The number of H-pyrrole nitrogens is 2. The fraction of sp³-hybridized carbons (Fsp3) is 0.333. The standard InChI is InChI=1S/C33H36ClN7O/c1-39-16-18-41(19-17-39)28-9-5-8-27-31(28)38-32(36-27)29-30(25-20-23(34)10-11-26(25)37-33(29)42)35-24-12-14-40(15-13-24)21-22-6-3-2-4-7-22/h2-11,20,24H,12-19,21H2,1H3,(H,36,38)(H2,35,37,42). The van der Waals surface area contributed by atoms with Crippen LogP contribution in [0.2, 0.25) is 5.02 Å². The summed E-state index contributed by atoms with van der Waals surface area (Å²) in [5, 5.41) is 5.31. The average Bonchev–Trinajstić information content (AvgIpc) is 3.43. The number of likely N-dealkylation sites (N-methyl/N-ethyl adjacent to an activating group) is 1. The summed E-state index contributed by atoms with van der Waals surface area (Å²) in [7, 11) is 2.16. The number of piperidine rings is 1. The van der Waals surface area contributed by atoms with Crippen LogP contribution in [0.1, 0.15) is 18.4 Å². The highest BCUT2D eigenvalue weighted by Gasteiger charge is 2.25. The number of imidazole rings is 1. The van der Waals surface area contributed by atoms with Crippen molar-refractivity contribution in [2.24, 2.45) is 0 Å². The quantitative estimate of drug-likeness (QED) is 0.244. The molecule has 2 fully saturated rings. The molecule has 0 bridgehead atoms. The molecule has 7 rings (SSSR count). The molecule has 2 aliphatic heterocycles. The molecule has 0 radical (unpaired) electrons. The third kappa shape index (κ3) is 5.38. The van der Waals surface area contributed by atoms with E-state index in [4.69, 9.17) is 16.6 Å². The summed E-state index contributed by atoms with van der Waals surface area (Å²) in [6.07, 6.45) is 1.96.